The minimum atomic E-state index is -0.982. The van der Waals surface area contributed by atoms with Crippen LogP contribution in [0.1, 0.15) is 36.0 Å². The van der Waals surface area contributed by atoms with Crippen molar-refractivity contribution in [2.24, 2.45) is 0 Å². The molecule has 7 heteroatoms. The molecule has 0 radical (unpaired) electrons. The van der Waals surface area contributed by atoms with Crippen molar-refractivity contribution in [2.45, 2.75) is 31.7 Å². The molecule has 1 aliphatic carbocycles. The summed E-state index contributed by atoms with van der Waals surface area (Å²) in [5, 5.41) is 16.6. The van der Waals surface area contributed by atoms with Gasteiger partial charge in [-0.3, -0.25) is 0 Å². The number of anilines is 2. The number of hydrogen-bond donors (Lipinski definition) is 3. The van der Waals surface area contributed by atoms with Gasteiger partial charge in [-0.05, 0) is 18.9 Å². The Morgan fingerprint density at radius 2 is 2.21 bits per heavy atom. The zero-order valence-electron chi connectivity index (χ0n) is 10.3. The predicted octanol–water partition coefficient (Wildman–Crippen LogP) is 1.36. The Balaban J connectivity index is 2.03. The Labute approximate surface area is 109 Å². The first kappa shape index (κ1) is 11.8. The van der Waals surface area contributed by atoms with Crippen LogP contribution < -0.4 is 11.1 Å². The third-order valence-electron chi connectivity index (χ3n) is 3.43. The molecule has 0 unspecified atom stereocenters. The van der Waals surface area contributed by atoms with Gasteiger partial charge >= 0.3 is 5.97 Å². The Morgan fingerprint density at radius 3 is 2.89 bits per heavy atom. The standard InChI is InChI=1S/C12H15N5O2/c13-12-15-10-5-8(11(18)19)9(6-17(10)16-12)14-7-3-1-2-4-7/h5-7,14H,1-4H2,(H2,13,16)(H,18,19). The fourth-order valence-electron chi connectivity index (χ4n) is 2.53. The van der Waals surface area contributed by atoms with Gasteiger partial charge in [0.25, 0.3) is 0 Å². The molecule has 100 valence electrons. The summed E-state index contributed by atoms with van der Waals surface area (Å²) < 4.78 is 1.50. The Bertz CT molecular complexity index is 630. The van der Waals surface area contributed by atoms with Crippen LogP contribution in [0.4, 0.5) is 11.6 Å². The highest BCUT2D eigenvalue weighted by Gasteiger charge is 2.19. The largest absolute Gasteiger partial charge is 0.478 e. The zero-order chi connectivity index (χ0) is 13.4. The molecular weight excluding hydrogens is 246 g/mol. The van der Waals surface area contributed by atoms with E-state index in [-0.39, 0.29) is 11.5 Å². The number of fused-ring (bicyclic) bond motifs is 1. The molecule has 0 aromatic carbocycles. The molecule has 1 saturated carbocycles. The lowest BCUT2D eigenvalue weighted by molar-refractivity contribution is 0.0698. The third kappa shape index (κ3) is 2.18. The van der Waals surface area contributed by atoms with Crippen LogP contribution in [0, 0.1) is 0 Å². The van der Waals surface area contributed by atoms with Gasteiger partial charge in [-0.25, -0.2) is 9.31 Å². The smallest absolute Gasteiger partial charge is 0.337 e. The predicted molar refractivity (Wildman–Crippen MR) is 70.2 cm³/mol. The average Bonchev–Trinajstić information content (AvgIpc) is 2.95. The number of carboxylic acids is 1. The molecule has 1 fully saturated rings. The van der Waals surface area contributed by atoms with Gasteiger partial charge in [0.1, 0.15) is 0 Å². The molecular formula is C12H15N5O2. The lowest BCUT2D eigenvalue weighted by Gasteiger charge is -2.15. The van der Waals surface area contributed by atoms with E-state index < -0.39 is 5.97 Å². The molecule has 3 rings (SSSR count). The quantitative estimate of drug-likeness (QED) is 0.770. The molecule has 4 N–H and O–H groups in total. The monoisotopic (exact) mass is 261 g/mol. The van der Waals surface area contributed by atoms with Gasteiger partial charge in [-0.2, -0.15) is 4.98 Å². The van der Waals surface area contributed by atoms with Crippen LogP contribution in [-0.2, 0) is 0 Å². The van der Waals surface area contributed by atoms with Crippen molar-refractivity contribution in [3.05, 3.63) is 17.8 Å². The summed E-state index contributed by atoms with van der Waals surface area (Å²) >= 11 is 0. The number of carboxylic acid groups (broad SMARTS) is 1. The second kappa shape index (κ2) is 4.42. The van der Waals surface area contributed by atoms with Crippen molar-refractivity contribution in [3.8, 4) is 0 Å². The first-order chi connectivity index (χ1) is 9.13. The van der Waals surface area contributed by atoms with Gasteiger partial charge < -0.3 is 16.2 Å². The number of nitrogens with two attached hydrogens (primary N) is 1. The Morgan fingerprint density at radius 1 is 1.47 bits per heavy atom. The van der Waals surface area contributed by atoms with E-state index in [1.807, 2.05) is 0 Å². The van der Waals surface area contributed by atoms with Crippen molar-refractivity contribution < 1.29 is 9.90 Å². The minimum absolute atomic E-state index is 0.134. The van der Waals surface area contributed by atoms with Crippen molar-refractivity contribution in [3.63, 3.8) is 0 Å². The number of hydrogen-bond acceptors (Lipinski definition) is 5. The first-order valence-electron chi connectivity index (χ1n) is 6.29. The van der Waals surface area contributed by atoms with Crippen LogP contribution in [-0.4, -0.2) is 31.7 Å². The summed E-state index contributed by atoms with van der Waals surface area (Å²) in [6.45, 7) is 0. The van der Waals surface area contributed by atoms with Crippen LogP contribution >= 0.6 is 0 Å². The number of aromatic nitrogens is 3. The molecule has 0 atom stereocenters. The maximum Gasteiger partial charge on any atom is 0.337 e. The fourth-order valence-corrected chi connectivity index (χ4v) is 2.53. The summed E-state index contributed by atoms with van der Waals surface area (Å²) in [5.74, 6) is -0.848. The van der Waals surface area contributed by atoms with Gasteiger partial charge in [0.15, 0.2) is 5.65 Å². The van der Waals surface area contributed by atoms with E-state index in [0.29, 0.717) is 17.4 Å². The van der Waals surface area contributed by atoms with E-state index in [1.165, 1.54) is 23.4 Å². The number of nitrogen functional groups attached to an aromatic ring is 1. The summed E-state index contributed by atoms with van der Waals surface area (Å²) in [6.07, 6.45) is 6.13. The molecule has 19 heavy (non-hydrogen) atoms. The number of aromatic carboxylic acids is 1. The van der Waals surface area contributed by atoms with Crippen LogP contribution in [0.15, 0.2) is 12.3 Å². The van der Waals surface area contributed by atoms with E-state index >= 15 is 0 Å². The molecule has 0 saturated heterocycles. The van der Waals surface area contributed by atoms with Crippen molar-refractivity contribution in [2.75, 3.05) is 11.1 Å². The highest BCUT2D eigenvalue weighted by Crippen LogP contribution is 2.25. The van der Waals surface area contributed by atoms with Gasteiger partial charge in [0.05, 0.1) is 17.4 Å². The number of pyridine rings is 1. The number of carbonyl (C=O) groups is 1. The van der Waals surface area contributed by atoms with Crippen LogP contribution in [0.2, 0.25) is 0 Å². The van der Waals surface area contributed by atoms with E-state index in [4.69, 9.17) is 5.73 Å². The summed E-state index contributed by atoms with van der Waals surface area (Å²) in [6, 6.07) is 1.82. The molecule has 2 aromatic rings. The maximum absolute atomic E-state index is 11.3. The highest BCUT2D eigenvalue weighted by molar-refractivity contribution is 5.95. The molecule has 0 amide bonds. The summed E-state index contributed by atoms with van der Waals surface area (Å²) in [5.41, 5.74) is 6.72. The Kier molecular flexibility index (Phi) is 2.73. The highest BCUT2D eigenvalue weighted by atomic mass is 16.4. The zero-order valence-corrected chi connectivity index (χ0v) is 10.3. The number of nitrogens with zero attached hydrogens (tertiary/aromatic N) is 3. The second-order valence-corrected chi connectivity index (χ2v) is 4.80. The van der Waals surface area contributed by atoms with Gasteiger partial charge in [-0.15, -0.1) is 5.10 Å². The van der Waals surface area contributed by atoms with Crippen molar-refractivity contribution >= 4 is 23.3 Å². The molecule has 0 spiro atoms. The number of nitrogens with one attached hydrogen (secondary N) is 1. The van der Waals surface area contributed by atoms with E-state index in [1.54, 1.807) is 6.20 Å². The van der Waals surface area contributed by atoms with E-state index in [0.717, 1.165) is 12.8 Å². The summed E-state index contributed by atoms with van der Waals surface area (Å²) in [4.78, 5) is 15.3. The van der Waals surface area contributed by atoms with Crippen molar-refractivity contribution in [1.29, 1.82) is 0 Å². The SMILES string of the molecule is Nc1nc2cc(C(=O)O)c(NC3CCCC3)cn2n1. The van der Waals surface area contributed by atoms with Gasteiger partial charge in [0, 0.05) is 6.04 Å². The van der Waals surface area contributed by atoms with Crippen LogP contribution in [0.25, 0.3) is 5.65 Å². The molecule has 0 bridgehead atoms. The summed E-state index contributed by atoms with van der Waals surface area (Å²) in [7, 11) is 0. The molecule has 2 heterocycles. The first-order valence-corrected chi connectivity index (χ1v) is 6.29. The van der Waals surface area contributed by atoms with E-state index in [2.05, 4.69) is 15.4 Å². The van der Waals surface area contributed by atoms with Crippen LogP contribution in [0.3, 0.4) is 0 Å². The topological polar surface area (TPSA) is 106 Å². The molecule has 0 aliphatic heterocycles. The normalized spacial score (nSPS) is 16.0. The average molecular weight is 261 g/mol. The fraction of sp³-hybridized carbons (Fsp3) is 0.417. The van der Waals surface area contributed by atoms with E-state index in [9.17, 15) is 9.90 Å². The van der Waals surface area contributed by atoms with Crippen molar-refractivity contribution in [1.82, 2.24) is 14.6 Å². The number of rotatable bonds is 3. The Hall–Kier alpha value is -2.31. The third-order valence-corrected chi connectivity index (χ3v) is 3.43. The molecule has 2 aromatic heterocycles. The second-order valence-electron chi connectivity index (χ2n) is 4.80. The lowest BCUT2D eigenvalue weighted by atomic mass is 10.2. The van der Waals surface area contributed by atoms with Gasteiger partial charge in [-0.1, -0.05) is 12.8 Å². The maximum atomic E-state index is 11.3. The minimum Gasteiger partial charge on any atom is -0.478 e. The molecule has 1 aliphatic rings. The van der Waals surface area contributed by atoms with Gasteiger partial charge in [0.2, 0.25) is 5.95 Å². The molecule has 7 nitrogen and oxygen atoms in total. The van der Waals surface area contributed by atoms with Crippen LogP contribution in [0.5, 0.6) is 0 Å². The lowest BCUT2D eigenvalue weighted by Crippen LogP contribution is -2.17.